The van der Waals surface area contributed by atoms with Crippen LogP contribution in [-0.4, -0.2) is 15.9 Å². The molecule has 104 valence electrons. The normalized spacial score (nSPS) is 10.4. The molecular weight excluding hydrogens is 311 g/mol. The molecule has 0 spiro atoms. The Hall–Kier alpha value is -1.79. The fraction of sp³-hybridized carbons (Fsp3) is 0.0833. The van der Waals surface area contributed by atoms with E-state index >= 15 is 0 Å². The van der Waals surface area contributed by atoms with Crippen molar-refractivity contribution in [2.24, 2.45) is 0 Å². The molecule has 0 aliphatic heterocycles. The zero-order valence-electron chi connectivity index (χ0n) is 10.0. The first kappa shape index (κ1) is 14.6. The molecule has 2 aromatic rings. The van der Waals surface area contributed by atoms with Gasteiger partial charge in [-0.2, -0.15) is 0 Å². The molecule has 1 heterocycles. The predicted octanol–water partition coefficient (Wildman–Crippen LogP) is 3.62. The van der Waals surface area contributed by atoms with Crippen LogP contribution >= 0.6 is 23.2 Å². The largest absolute Gasteiger partial charge is 0.305 e. The van der Waals surface area contributed by atoms with Gasteiger partial charge in [-0.15, -0.1) is 0 Å². The van der Waals surface area contributed by atoms with Gasteiger partial charge in [0.05, 0.1) is 0 Å². The summed E-state index contributed by atoms with van der Waals surface area (Å²) >= 11 is 11.4. The second-order valence-corrected chi connectivity index (χ2v) is 4.57. The Morgan fingerprint density at radius 1 is 1.25 bits per heavy atom. The smallest absolute Gasteiger partial charge is 0.262 e. The van der Waals surface area contributed by atoms with Crippen LogP contribution < -0.4 is 5.32 Å². The van der Waals surface area contributed by atoms with Crippen LogP contribution in [0.25, 0.3) is 0 Å². The summed E-state index contributed by atoms with van der Waals surface area (Å²) < 4.78 is 27.4. The highest BCUT2D eigenvalue weighted by Crippen LogP contribution is 2.26. The molecule has 0 aliphatic rings. The van der Waals surface area contributed by atoms with Crippen molar-refractivity contribution >= 4 is 34.9 Å². The number of carbonyl (C=O) groups is 1. The molecular formula is C12H7Cl2F2N3O. The van der Waals surface area contributed by atoms with Crippen molar-refractivity contribution in [1.29, 1.82) is 0 Å². The van der Waals surface area contributed by atoms with Gasteiger partial charge in [0, 0.05) is 0 Å². The molecule has 20 heavy (non-hydrogen) atoms. The molecule has 0 radical (unpaired) electrons. The number of nitrogens with zero attached hydrogens (tertiary/aromatic N) is 2. The summed E-state index contributed by atoms with van der Waals surface area (Å²) in [6, 6.07) is 2.23. The number of hydrogen-bond acceptors (Lipinski definition) is 3. The monoisotopic (exact) mass is 317 g/mol. The standard InChI is InChI=1S/C12H7Cl2F2N3O/c1-5-2-3-6(15)7(9(5)16)12(20)19-11-8(13)10(14)17-4-18-11/h2-4H,1H3,(H,17,18,19,20). The molecule has 1 amide bonds. The molecule has 8 heteroatoms. The average molecular weight is 318 g/mol. The minimum Gasteiger partial charge on any atom is -0.305 e. The van der Waals surface area contributed by atoms with Gasteiger partial charge >= 0.3 is 0 Å². The predicted molar refractivity (Wildman–Crippen MR) is 71.1 cm³/mol. The molecule has 0 aliphatic carbocycles. The molecule has 0 atom stereocenters. The van der Waals surface area contributed by atoms with Crippen molar-refractivity contribution in [1.82, 2.24) is 9.97 Å². The van der Waals surface area contributed by atoms with Gasteiger partial charge in [-0.1, -0.05) is 29.3 Å². The number of aryl methyl sites for hydroxylation is 1. The SMILES string of the molecule is Cc1ccc(F)c(C(=O)Nc2ncnc(Cl)c2Cl)c1F. The van der Waals surface area contributed by atoms with Crippen LogP contribution in [0.2, 0.25) is 10.2 Å². The Kier molecular flexibility index (Phi) is 4.15. The van der Waals surface area contributed by atoms with Gasteiger partial charge in [-0.3, -0.25) is 4.79 Å². The van der Waals surface area contributed by atoms with E-state index in [4.69, 9.17) is 23.2 Å². The lowest BCUT2D eigenvalue weighted by atomic mass is 10.1. The summed E-state index contributed by atoms with van der Waals surface area (Å²) in [4.78, 5) is 19.2. The highest BCUT2D eigenvalue weighted by molar-refractivity contribution is 6.43. The first-order valence-electron chi connectivity index (χ1n) is 5.33. The second kappa shape index (κ2) is 5.68. The van der Waals surface area contributed by atoms with Gasteiger partial charge in [0.1, 0.15) is 28.5 Å². The minimum absolute atomic E-state index is 0.0813. The van der Waals surface area contributed by atoms with Crippen LogP contribution in [0, 0.1) is 18.6 Å². The van der Waals surface area contributed by atoms with E-state index in [1.807, 2.05) is 0 Å². The average Bonchev–Trinajstić information content (AvgIpc) is 2.40. The van der Waals surface area contributed by atoms with E-state index in [1.54, 1.807) is 0 Å². The van der Waals surface area contributed by atoms with Crippen LogP contribution in [0.3, 0.4) is 0 Å². The molecule has 2 rings (SSSR count). The number of hydrogen-bond donors (Lipinski definition) is 1. The molecule has 0 saturated heterocycles. The third kappa shape index (κ3) is 2.71. The third-order valence-corrected chi connectivity index (χ3v) is 3.23. The van der Waals surface area contributed by atoms with E-state index in [1.165, 1.54) is 13.0 Å². The lowest BCUT2D eigenvalue weighted by Gasteiger charge is -2.09. The molecule has 4 nitrogen and oxygen atoms in total. The molecule has 1 N–H and O–H groups in total. The minimum atomic E-state index is -1.01. The van der Waals surface area contributed by atoms with E-state index in [-0.39, 0.29) is 21.6 Å². The Balaban J connectivity index is 2.39. The Morgan fingerprint density at radius 3 is 2.65 bits per heavy atom. The fourth-order valence-electron chi connectivity index (χ4n) is 1.47. The number of benzene rings is 1. The first-order valence-corrected chi connectivity index (χ1v) is 6.09. The van der Waals surface area contributed by atoms with Crippen molar-refractivity contribution in [3.05, 3.63) is 51.4 Å². The summed E-state index contributed by atoms with van der Waals surface area (Å²) in [6.07, 6.45) is 1.06. The molecule has 1 aromatic carbocycles. The number of rotatable bonds is 2. The van der Waals surface area contributed by atoms with Gasteiger partial charge in [-0.05, 0) is 18.6 Å². The summed E-state index contributed by atoms with van der Waals surface area (Å²) in [6.45, 7) is 1.42. The van der Waals surface area contributed by atoms with Gasteiger partial charge in [0.2, 0.25) is 0 Å². The molecule has 0 fully saturated rings. The Morgan fingerprint density at radius 2 is 1.95 bits per heavy atom. The van der Waals surface area contributed by atoms with E-state index < -0.39 is 23.1 Å². The van der Waals surface area contributed by atoms with E-state index in [0.717, 1.165) is 12.4 Å². The number of nitrogens with one attached hydrogen (secondary N) is 1. The van der Waals surface area contributed by atoms with Crippen molar-refractivity contribution in [3.63, 3.8) is 0 Å². The Bertz CT molecular complexity index is 695. The fourth-order valence-corrected chi connectivity index (χ4v) is 1.75. The van der Waals surface area contributed by atoms with Crippen molar-refractivity contribution < 1.29 is 13.6 Å². The summed E-state index contributed by atoms with van der Waals surface area (Å²) in [5.74, 6) is -3.07. The van der Waals surface area contributed by atoms with E-state index in [0.29, 0.717) is 0 Å². The lowest BCUT2D eigenvalue weighted by Crippen LogP contribution is -2.17. The number of anilines is 1. The molecule has 0 saturated carbocycles. The summed E-state index contributed by atoms with van der Waals surface area (Å²) in [5.41, 5.74) is -0.570. The van der Waals surface area contributed by atoms with Crippen LogP contribution in [0.5, 0.6) is 0 Å². The number of amides is 1. The van der Waals surface area contributed by atoms with Gasteiger partial charge < -0.3 is 5.32 Å². The number of carbonyl (C=O) groups excluding carboxylic acids is 1. The maximum atomic E-state index is 13.8. The quantitative estimate of drug-likeness (QED) is 0.861. The maximum absolute atomic E-state index is 13.8. The number of halogens is 4. The van der Waals surface area contributed by atoms with Crippen LogP contribution in [-0.2, 0) is 0 Å². The third-order valence-electron chi connectivity index (χ3n) is 2.49. The highest BCUT2D eigenvalue weighted by Gasteiger charge is 2.21. The molecule has 1 aromatic heterocycles. The van der Waals surface area contributed by atoms with Crippen LogP contribution in [0.15, 0.2) is 18.5 Å². The maximum Gasteiger partial charge on any atom is 0.262 e. The summed E-state index contributed by atoms with van der Waals surface area (Å²) in [5, 5.41) is 1.99. The second-order valence-electron chi connectivity index (χ2n) is 3.83. The van der Waals surface area contributed by atoms with Gasteiger partial charge in [-0.25, -0.2) is 18.7 Å². The van der Waals surface area contributed by atoms with E-state index in [9.17, 15) is 13.6 Å². The first-order chi connectivity index (χ1) is 9.41. The number of aromatic nitrogens is 2. The van der Waals surface area contributed by atoms with Crippen LogP contribution in [0.4, 0.5) is 14.6 Å². The zero-order valence-corrected chi connectivity index (χ0v) is 11.6. The topological polar surface area (TPSA) is 54.9 Å². The van der Waals surface area contributed by atoms with Gasteiger partial charge in [0.15, 0.2) is 11.0 Å². The van der Waals surface area contributed by atoms with Crippen molar-refractivity contribution in [3.8, 4) is 0 Å². The zero-order chi connectivity index (χ0) is 14.9. The highest BCUT2D eigenvalue weighted by atomic mass is 35.5. The molecule has 0 bridgehead atoms. The lowest BCUT2D eigenvalue weighted by molar-refractivity contribution is 0.101. The van der Waals surface area contributed by atoms with Gasteiger partial charge in [0.25, 0.3) is 5.91 Å². The molecule has 0 unspecified atom stereocenters. The van der Waals surface area contributed by atoms with Crippen molar-refractivity contribution in [2.75, 3.05) is 5.32 Å². The Labute approximate surface area is 122 Å². The van der Waals surface area contributed by atoms with E-state index in [2.05, 4.69) is 15.3 Å². The van der Waals surface area contributed by atoms with Crippen LogP contribution in [0.1, 0.15) is 15.9 Å². The summed E-state index contributed by atoms with van der Waals surface area (Å²) in [7, 11) is 0. The van der Waals surface area contributed by atoms with Crippen molar-refractivity contribution in [2.45, 2.75) is 6.92 Å².